The molecule has 0 N–H and O–H groups in total. The zero-order valence-electron chi connectivity index (χ0n) is 16.4. The highest BCUT2D eigenvalue weighted by Crippen LogP contribution is 2.56. The van der Waals surface area contributed by atoms with Crippen molar-refractivity contribution in [2.45, 2.75) is 37.4 Å². The number of likely N-dealkylation sites (tertiary alicyclic amines) is 1. The van der Waals surface area contributed by atoms with Crippen molar-refractivity contribution < 1.29 is 18.3 Å². The van der Waals surface area contributed by atoms with Crippen molar-refractivity contribution in [1.82, 2.24) is 9.80 Å². The third kappa shape index (κ3) is 2.69. The van der Waals surface area contributed by atoms with Crippen LogP contribution in [0.3, 0.4) is 0 Å². The number of hydrogen-bond acceptors (Lipinski definition) is 3. The number of nitrogens with zero attached hydrogens (tertiary/aromatic N) is 2. The van der Waals surface area contributed by atoms with Gasteiger partial charge in [0.2, 0.25) is 5.91 Å². The van der Waals surface area contributed by atoms with E-state index in [0.29, 0.717) is 13.1 Å². The third-order valence-corrected chi connectivity index (χ3v) is 7.01. The van der Waals surface area contributed by atoms with Crippen LogP contribution in [-0.2, 0) is 11.3 Å². The first-order valence-electron chi connectivity index (χ1n) is 10.2. The van der Waals surface area contributed by atoms with E-state index in [-0.39, 0.29) is 17.9 Å². The number of para-hydroxylation sites is 1. The Morgan fingerprint density at radius 3 is 2.79 bits per heavy atom. The van der Waals surface area contributed by atoms with Crippen molar-refractivity contribution in [3.05, 3.63) is 65.2 Å². The van der Waals surface area contributed by atoms with E-state index in [1.807, 2.05) is 29.2 Å². The van der Waals surface area contributed by atoms with E-state index in [0.717, 1.165) is 42.7 Å². The quantitative estimate of drug-likeness (QED) is 0.783. The average Bonchev–Trinajstić information content (AvgIpc) is 3.35. The zero-order chi connectivity index (χ0) is 20.2. The number of ether oxygens (including phenoxy) is 1. The average molecular weight is 398 g/mol. The van der Waals surface area contributed by atoms with Gasteiger partial charge in [-0.15, -0.1) is 0 Å². The molecule has 0 aliphatic carbocycles. The molecule has 29 heavy (non-hydrogen) atoms. The van der Waals surface area contributed by atoms with E-state index in [4.69, 9.17) is 4.74 Å². The second-order valence-corrected chi connectivity index (χ2v) is 8.34. The molecule has 2 aromatic rings. The smallest absolute Gasteiger partial charge is 0.243 e. The SMILES string of the molecule is COc1ccccc1CN1C[C@@H]2C[C@@H](c3ccc(F)c(F)c3)N3CCC[C@@]23C1=O. The second-order valence-electron chi connectivity index (χ2n) is 8.34. The molecule has 5 rings (SSSR count). The molecule has 4 nitrogen and oxygen atoms in total. The maximum absolute atomic E-state index is 13.8. The minimum atomic E-state index is -0.831. The summed E-state index contributed by atoms with van der Waals surface area (Å²) in [7, 11) is 1.64. The molecule has 2 aromatic carbocycles. The summed E-state index contributed by atoms with van der Waals surface area (Å²) in [5, 5.41) is 0. The monoisotopic (exact) mass is 398 g/mol. The molecule has 3 saturated heterocycles. The summed E-state index contributed by atoms with van der Waals surface area (Å²) >= 11 is 0. The van der Waals surface area contributed by atoms with Crippen molar-refractivity contribution in [2.75, 3.05) is 20.2 Å². The molecule has 3 fully saturated rings. The normalized spacial score (nSPS) is 28.7. The maximum Gasteiger partial charge on any atom is 0.243 e. The molecule has 0 unspecified atom stereocenters. The van der Waals surface area contributed by atoms with E-state index in [1.54, 1.807) is 13.2 Å². The van der Waals surface area contributed by atoms with Crippen LogP contribution in [0.4, 0.5) is 8.78 Å². The number of halogens is 2. The van der Waals surface area contributed by atoms with Gasteiger partial charge in [0.05, 0.1) is 7.11 Å². The molecule has 3 aliphatic rings. The molecule has 152 valence electrons. The molecule has 1 spiro atoms. The standard InChI is InChI=1S/C23H24F2N2O2/c1-29-21-6-3-2-5-16(21)13-26-14-17-12-20(15-7-8-18(24)19(25)11-15)27-10-4-9-23(17,27)22(26)28/h2-3,5-8,11,17,20H,4,9-10,12-14H2,1H3/t17-,20-,23-/m0/s1. The molecule has 0 saturated carbocycles. The molecule has 3 heterocycles. The second kappa shape index (κ2) is 6.80. The van der Waals surface area contributed by atoms with Gasteiger partial charge in [0.25, 0.3) is 0 Å². The number of amides is 1. The summed E-state index contributed by atoms with van der Waals surface area (Å²) in [6, 6.07) is 11.9. The Hall–Kier alpha value is -2.47. The fourth-order valence-corrected chi connectivity index (χ4v) is 5.79. The van der Waals surface area contributed by atoms with Gasteiger partial charge in [-0.3, -0.25) is 9.69 Å². The molecule has 1 amide bonds. The lowest BCUT2D eigenvalue weighted by molar-refractivity contribution is -0.137. The first-order chi connectivity index (χ1) is 14.0. The highest BCUT2D eigenvalue weighted by atomic mass is 19.2. The molecule has 6 heteroatoms. The van der Waals surface area contributed by atoms with Crippen LogP contribution in [0, 0.1) is 17.6 Å². The number of rotatable bonds is 4. The lowest BCUT2D eigenvalue weighted by atomic mass is 9.85. The Balaban J connectivity index is 1.43. The molecule has 0 bridgehead atoms. The maximum atomic E-state index is 13.8. The Labute approximate surface area is 169 Å². The lowest BCUT2D eigenvalue weighted by Gasteiger charge is -2.33. The largest absolute Gasteiger partial charge is 0.496 e. The first-order valence-corrected chi connectivity index (χ1v) is 10.2. The summed E-state index contributed by atoms with van der Waals surface area (Å²) in [4.78, 5) is 17.8. The van der Waals surface area contributed by atoms with E-state index < -0.39 is 17.2 Å². The van der Waals surface area contributed by atoms with Crippen LogP contribution in [0.25, 0.3) is 0 Å². The van der Waals surface area contributed by atoms with Gasteiger partial charge in [-0.25, -0.2) is 8.78 Å². The van der Waals surface area contributed by atoms with Gasteiger partial charge in [-0.2, -0.15) is 0 Å². The van der Waals surface area contributed by atoms with Gasteiger partial charge in [0.1, 0.15) is 11.3 Å². The number of methoxy groups -OCH3 is 1. The molecule has 3 aliphatic heterocycles. The van der Waals surface area contributed by atoms with Crippen LogP contribution < -0.4 is 4.74 Å². The zero-order valence-corrected chi connectivity index (χ0v) is 16.4. The molecular weight excluding hydrogens is 374 g/mol. The predicted molar refractivity (Wildman–Crippen MR) is 104 cm³/mol. The van der Waals surface area contributed by atoms with E-state index in [9.17, 15) is 13.6 Å². The minimum absolute atomic E-state index is 0.0324. The van der Waals surface area contributed by atoms with Crippen LogP contribution in [-0.4, -0.2) is 41.4 Å². The minimum Gasteiger partial charge on any atom is -0.496 e. The van der Waals surface area contributed by atoms with Gasteiger partial charge in [-0.05, 0) is 49.6 Å². The van der Waals surface area contributed by atoms with Crippen LogP contribution in [0.15, 0.2) is 42.5 Å². The summed E-state index contributed by atoms with van der Waals surface area (Å²) in [5.74, 6) is -0.502. The molecular formula is C23H24F2N2O2. The number of hydrogen-bond donors (Lipinski definition) is 0. The Kier molecular flexibility index (Phi) is 4.35. The first kappa shape index (κ1) is 18.6. The highest BCUT2D eigenvalue weighted by molar-refractivity contribution is 5.90. The highest BCUT2D eigenvalue weighted by Gasteiger charge is 2.65. The van der Waals surface area contributed by atoms with E-state index in [1.165, 1.54) is 12.1 Å². The molecule has 0 aromatic heterocycles. The van der Waals surface area contributed by atoms with E-state index in [2.05, 4.69) is 4.90 Å². The van der Waals surface area contributed by atoms with Gasteiger partial charge in [-0.1, -0.05) is 24.3 Å². The number of carbonyl (C=O) groups is 1. The fraction of sp³-hybridized carbons (Fsp3) is 0.435. The van der Waals surface area contributed by atoms with Crippen LogP contribution in [0.2, 0.25) is 0 Å². The van der Waals surface area contributed by atoms with Crippen molar-refractivity contribution in [2.24, 2.45) is 5.92 Å². The van der Waals surface area contributed by atoms with Gasteiger partial charge < -0.3 is 9.64 Å². The lowest BCUT2D eigenvalue weighted by Crippen LogP contribution is -2.49. The summed E-state index contributed by atoms with van der Waals surface area (Å²) < 4.78 is 32.7. The van der Waals surface area contributed by atoms with Gasteiger partial charge in [0.15, 0.2) is 11.6 Å². The van der Waals surface area contributed by atoms with Crippen molar-refractivity contribution in [3.63, 3.8) is 0 Å². The Morgan fingerprint density at radius 1 is 1.17 bits per heavy atom. The van der Waals surface area contributed by atoms with Crippen molar-refractivity contribution in [3.8, 4) is 5.75 Å². The van der Waals surface area contributed by atoms with E-state index >= 15 is 0 Å². The summed E-state index contributed by atoms with van der Waals surface area (Å²) in [5.41, 5.74) is 1.27. The molecule has 0 radical (unpaired) electrons. The van der Waals surface area contributed by atoms with Crippen molar-refractivity contribution >= 4 is 5.91 Å². The number of carbonyl (C=O) groups excluding carboxylic acids is 1. The van der Waals surface area contributed by atoms with Crippen LogP contribution in [0.1, 0.15) is 36.4 Å². The Morgan fingerprint density at radius 2 is 2.00 bits per heavy atom. The number of benzene rings is 2. The van der Waals surface area contributed by atoms with Crippen LogP contribution >= 0.6 is 0 Å². The van der Waals surface area contributed by atoms with Gasteiger partial charge >= 0.3 is 0 Å². The fourth-order valence-electron chi connectivity index (χ4n) is 5.79. The molecule has 3 atom stereocenters. The predicted octanol–water partition coefficient (Wildman–Crippen LogP) is 3.91. The van der Waals surface area contributed by atoms with Crippen molar-refractivity contribution in [1.29, 1.82) is 0 Å². The van der Waals surface area contributed by atoms with Gasteiger partial charge in [0, 0.05) is 30.6 Å². The third-order valence-electron chi connectivity index (χ3n) is 7.01. The van der Waals surface area contributed by atoms with Crippen LogP contribution in [0.5, 0.6) is 5.75 Å². The Bertz CT molecular complexity index is 966. The summed E-state index contributed by atoms with van der Waals surface area (Å²) in [6.45, 7) is 2.03. The summed E-state index contributed by atoms with van der Waals surface area (Å²) in [6.07, 6.45) is 2.57. The topological polar surface area (TPSA) is 32.8 Å².